The molecule has 0 amide bonds. The van der Waals surface area contributed by atoms with Crippen molar-refractivity contribution in [2.75, 3.05) is 27.7 Å². The number of hydrogen-bond donors (Lipinski definition) is 0. The van der Waals surface area contributed by atoms with E-state index in [0.29, 0.717) is 6.54 Å². The van der Waals surface area contributed by atoms with Crippen LogP contribution in [-0.4, -0.2) is 38.6 Å². The van der Waals surface area contributed by atoms with Gasteiger partial charge in [-0.2, -0.15) is 0 Å². The largest absolute Gasteiger partial charge is 0.469 e. The molecular weight excluding hydrogens is 202 g/mol. The highest BCUT2D eigenvalue weighted by atomic mass is 16.5. The van der Waals surface area contributed by atoms with Gasteiger partial charge in [0.25, 0.3) is 0 Å². The summed E-state index contributed by atoms with van der Waals surface area (Å²) >= 11 is 0. The first-order valence-electron chi connectivity index (χ1n) is 5.40. The molecule has 1 unspecified atom stereocenters. The number of hydrogen-bond acceptors (Lipinski definition) is 3. The highest BCUT2D eigenvalue weighted by Crippen LogP contribution is 2.11. The van der Waals surface area contributed by atoms with Crippen molar-refractivity contribution in [3.05, 3.63) is 35.9 Å². The zero-order valence-corrected chi connectivity index (χ0v) is 10.1. The first-order valence-corrected chi connectivity index (χ1v) is 5.40. The van der Waals surface area contributed by atoms with Gasteiger partial charge in [-0.1, -0.05) is 30.3 Å². The summed E-state index contributed by atoms with van der Waals surface area (Å²) in [6.45, 7) is 0.710. The minimum atomic E-state index is -0.141. The molecule has 3 nitrogen and oxygen atoms in total. The molecule has 88 valence electrons. The fourth-order valence-electron chi connectivity index (χ4n) is 1.73. The highest BCUT2D eigenvalue weighted by Gasteiger charge is 2.20. The molecular formula is C13H19NO2. The standard InChI is InChI=1S/C13H19NO2/c1-14(2)10-12(13(15)16-3)9-11-7-5-4-6-8-11/h4-8,12H,9-10H2,1-3H3. The molecule has 0 N–H and O–H groups in total. The van der Waals surface area contributed by atoms with E-state index in [4.69, 9.17) is 4.74 Å². The molecule has 0 bridgehead atoms. The van der Waals surface area contributed by atoms with Crippen LogP contribution < -0.4 is 0 Å². The van der Waals surface area contributed by atoms with Gasteiger partial charge >= 0.3 is 5.97 Å². The Morgan fingerprint density at radius 3 is 2.44 bits per heavy atom. The minimum Gasteiger partial charge on any atom is -0.469 e. The Morgan fingerprint density at radius 2 is 1.94 bits per heavy atom. The van der Waals surface area contributed by atoms with Crippen molar-refractivity contribution in [2.45, 2.75) is 6.42 Å². The Balaban J connectivity index is 2.67. The van der Waals surface area contributed by atoms with Crippen molar-refractivity contribution in [2.24, 2.45) is 5.92 Å². The van der Waals surface area contributed by atoms with Gasteiger partial charge in [0.2, 0.25) is 0 Å². The second-order valence-corrected chi connectivity index (χ2v) is 4.17. The maximum Gasteiger partial charge on any atom is 0.310 e. The lowest BCUT2D eigenvalue weighted by Crippen LogP contribution is -2.30. The van der Waals surface area contributed by atoms with E-state index in [9.17, 15) is 4.79 Å². The molecule has 0 saturated carbocycles. The second-order valence-electron chi connectivity index (χ2n) is 4.17. The minimum absolute atomic E-state index is 0.0950. The van der Waals surface area contributed by atoms with E-state index in [1.165, 1.54) is 12.7 Å². The van der Waals surface area contributed by atoms with Crippen LogP contribution >= 0.6 is 0 Å². The summed E-state index contributed by atoms with van der Waals surface area (Å²) in [5, 5.41) is 0. The number of esters is 1. The zero-order chi connectivity index (χ0) is 12.0. The Labute approximate surface area is 97.0 Å². The maximum absolute atomic E-state index is 11.6. The molecule has 0 aliphatic heterocycles. The van der Waals surface area contributed by atoms with Crippen molar-refractivity contribution in [1.29, 1.82) is 0 Å². The predicted octanol–water partition coefficient (Wildman–Crippen LogP) is 1.58. The van der Waals surface area contributed by atoms with Crippen LogP contribution in [0.25, 0.3) is 0 Å². The van der Waals surface area contributed by atoms with Crippen LogP contribution in [0.1, 0.15) is 5.56 Å². The van der Waals surface area contributed by atoms with Crippen molar-refractivity contribution in [3.63, 3.8) is 0 Å². The first-order chi connectivity index (χ1) is 7.63. The SMILES string of the molecule is COC(=O)C(Cc1ccccc1)CN(C)C. The number of benzene rings is 1. The number of carbonyl (C=O) groups excluding carboxylic acids is 1. The quantitative estimate of drug-likeness (QED) is 0.707. The van der Waals surface area contributed by atoms with E-state index < -0.39 is 0 Å². The van der Waals surface area contributed by atoms with Crippen molar-refractivity contribution < 1.29 is 9.53 Å². The topological polar surface area (TPSA) is 29.5 Å². The molecule has 0 radical (unpaired) electrons. The van der Waals surface area contributed by atoms with Gasteiger partial charge in [-0.15, -0.1) is 0 Å². The summed E-state index contributed by atoms with van der Waals surface area (Å²) in [5.74, 6) is -0.236. The van der Waals surface area contributed by atoms with Crippen LogP contribution in [-0.2, 0) is 16.0 Å². The summed E-state index contributed by atoms with van der Waals surface area (Å²) in [6.07, 6.45) is 0.728. The maximum atomic E-state index is 11.6. The van der Waals surface area contributed by atoms with Gasteiger partial charge in [-0.25, -0.2) is 0 Å². The fourth-order valence-corrected chi connectivity index (χ4v) is 1.73. The van der Waals surface area contributed by atoms with Gasteiger partial charge in [0.05, 0.1) is 13.0 Å². The third-order valence-electron chi connectivity index (χ3n) is 2.44. The van der Waals surface area contributed by atoms with Gasteiger partial charge in [-0.3, -0.25) is 4.79 Å². The molecule has 0 spiro atoms. The second kappa shape index (κ2) is 6.28. The van der Waals surface area contributed by atoms with Crippen LogP contribution in [0.15, 0.2) is 30.3 Å². The summed E-state index contributed by atoms with van der Waals surface area (Å²) in [4.78, 5) is 13.6. The lowest BCUT2D eigenvalue weighted by atomic mass is 9.99. The molecule has 16 heavy (non-hydrogen) atoms. The average Bonchev–Trinajstić information content (AvgIpc) is 2.28. The number of nitrogens with zero attached hydrogens (tertiary/aromatic N) is 1. The number of methoxy groups -OCH3 is 1. The van der Waals surface area contributed by atoms with Gasteiger partial charge in [-0.05, 0) is 26.1 Å². The molecule has 0 saturated heterocycles. The molecule has 0 aliphatic rings. The van der Waals surface area contributed by atoms with Crippen LogP contribution in [0.5, 0.6) is 0 Å². The van der Waals surface area contributed by atoms with E-state index in [-0.39, 0.29) is 11.9 Å². The van der Waals surface area contributed by atoms with Crippen molar-refractivity contribution in [1.82, 2.24) is 4.90 Å². The Bertz CT molecular complexity index is 322. The number of ether oxygens (including phenoxy) is 1. The third kappa shape index (κ3) is 4.03. The van der Waals surface area contributed by atoms with Gasteiger partial charge in [0.15, 0.2) is 0 Å². The normalized spacial score (nSPS) is 12.5. The van der Waals surface area contributed by atoms with Crippen molar-refractivity contribution in [3.8, 4) is 0 Å². The third-order valence-corrected chi connectivity index (χ3v) is 2.44. The predicted molar refractivity (Wildman–Crippen MR) is 64.2 cm³/mol. The molecule has 1 aromatic carbocycles. The molecule has 0 aliphatic carbocycles. The van der Waals surface area contributed by atoms with Gasteiger partial charge < -0.3 is 9.64 Å². The fraction of sp³-hybridized carbons (Fsp3) is 0.462. The van der Waals surface area contributed by atoms with Crippen LogP contribution in [0.2, 0.25) is 0 Å². The summed E-state index contributed by atoms with van der Waals surface area (Å²) in [5.41, 5.74) is 1.17. The monoisotopic (exact) mass is 221 g/mol. The molecule has 1 aromatic rings. The molecule has 3 heteroatoms. The zero-order valence-electron chi connectivity index (χ0n) is 10.1. The van der Waals surface area contributed by atoms with Gasteiger partial charge in [0.1, 0.15) is 0 Å². The van der Waals surface area contributed by atoms with E-state index in [2.05, 4.69) is 0 Å². The average molecular weight is 221 g/mol. The van der Waals surface area contributed by atoms with Crippen LogP contribution in [0.4, 0.5) is 0 Å². The van der Waals surface area contributed by atoms with E-state index >= 15 is 0 Å². The Hall–Kier alpha value is -1.35. The van der Waals surface area contributed by atoms with E-state index in [1.54, 1.807) is 0 Å². The molecule has 0 fully saturated rings. The summed E-state index contributed by atoms with van der Waals surface area (Å²) in [7, 11) is 5.36. The Kier molecular flexibility index (Phi) is 4.99. The molecule has 1 atom stereocenters. The summed E-state index contributed by atoms with van der Waals surface area (Å²) < 4.78 is 4.82. The first kappa shape index (κ1) is 12.7. The molecule has 0 aromatic heterocycles. The number of rotatable bonds is 5. The number of carbonyl (C=O) groups is 1. The highest BCUT2D eigenvalue weighted by molar-refractivity contribution is 5.72. The van der Waals surface area contributed by atoms with Crippen LogP contribution in [0, 0.1) is 5.92 Å². The van der Waals surface area contributed by atoms with E-state index in [0.717, 1.165) is 6.42 Å². The molecule has 1 rings (SSSR count). The Morgan fingerprint density at radius 1 is 1.31 bits per heavy atom. The molecule has 0 heterocycles. The lowest BCUT2D eigenvalue weighted by molar-refractivity contribution is -0.145. The summed E-state index contributed by atoms with van der Waals surface area (Å²) in [6, 6.07) is 10.0. The lowest BCUT2D eigenvalue weighted by Gasteiger charge is -2.18. The van der Waals surface area contributed by atoms with Gasteiger partial charge in [0, 0.05) is 6.54 Å². The van der Waals surface area contributed by atoms with Crippen molar-refractivity contribution >= 4 is 5.97 Å². The van der Waals surface area contributed by atoms with E-state index in [1.807, 2.05) is 49.3 Å². The van der Waals surface area contributed by atoms with Crippen LogP contribution in [0.3, 0.4) is 0 Å². The smallest absolute Gasteiger partial charge is 0.310 e.